The van der Waals surface area contributed by atoms with Crippen molar-refractivity contribution in [2.45, 2.75) is 20.8 Å². The number of aromatic nitrogens is 2. The van der Waals surface area contributed by atoms with Gasteiger partial charge in [-0.15, -0.1) is 0 Å². The van der Waals surface area contributed by atoms with Gasteiger partial charge in [-0.25, -0.2) is 9.97 Å². The first-order chi connectivity index (χ1) is 11.5. The van der Waals surface area contributed by atoms with Gasteiger partial charge >= 0.3 is 0 Å². The van der Waals surface area contributed by atoms with Gasteiger partial charge in [0.25, 0.3) is 5.91 Å². The number of carbonyl (C=O) groups excluding carboxylic acids is 1. The van der Waals surface area contributed by atoms with Crippen LogP contribution in [0.1, 0.15) is 27.3 Å². The highest BCUT2D eigenvalue weighted by atomic mass is 16.5. The van der Waals surface area contributed by atoms with Gasteiger partial charge < -0.3 is 15.0 Å². The minimum absolute atomic E-state index is 0.0761. The number of nitrogens with one attached hydrogen (secondary N) is 1. The summed E-state index contributed by atoms with van der Waals surface area (Å²) in [5.41, 5.74) is 4.46. The summed E-state index contributed by atoms with van der Waals surface area (Å²) in [5, 5.41) is 3.23. The molecule has 1 N–H and O–H groups in total. The number of hydrogen-bond acceptors (Lipinski definition) is 5. The highest BCUT2D eigenvalue weighted by molar-refractivity contribution is 5.92. The predicted octanol–water partition coefficient (Wildman–Crippen LogP) is 2.62. The molecule has 2 heterocycles. The van der Waals surface area contributed by atoms with Crippen molar-refractivity contribution in [2.24, 2.45) is 0 Å². The Kier molecular flexibility index (Phi) is 4.76. The lowest BCUT2D eigenvalue weighted by atomic mass is 10.1. The van der Waals surface area contributed by atoms with Gasteiger partial charge in [-0.2, -0.15) is 0 Å². The summed E-state index contributed by atoms with van der Waals surface area (Å²) in [7, 11) is 0. The molecule has 126 valence electrons. The smallest absolute Gasteiger partial charge is 0.272 e. The summed E-state index contributed by atoms with van der Waals surface area (Å²) in [6, 6.07) is 7.76. The molecule has 0 spiro atoms. The summed E-state index contributed by atoms with van der Waals surface area (Å²) < 4.78 is 5.30. The van der Waals surface area contributed by atoms with E-state index < -0.39 is 0 Å². The summed E-state index contributed by atoms with van der Waals surface area (Å²) in [5.74, 6) is 0.369. The zero-order valence-corrected chi connectivity index (χ0v) is 14.3. The molecule has 0 radical (unpaired) electrons. The molecule has 1 aromatic carbocycles. The zero-order chi connectivity index (χ0) is 17.1. The maximum Gasteiger partial charge on any atom is 0.272 e. The molecular weight excluding hydrogens is 304 g/mol. The molecule has 6 nitrogen and oxygen atoms in total. The van der Waals surface area contributed by atoms with Gasteiger partial charge in [-0.05, 0) is 44.0 Å². The number of amides is 1. The van der Waals surface area contributed by atoms with Crippen LogP contribution in [0.15, 0.2) is 24.3 Å². The lowest BCUT2D eigenvalue weighted by Crippen LogP contribution is -2.41. The second-order valence-corrected chi connectivity index (χ2v) is 6.00. The lowest BCUT2D eigenvalue weighted by molar-refractivity contribution is 0.0299. The molecule has 0 atom stereocenters. The Morgan fingerprint density at radius 1 is 1.17 bits per heavy atom. The Morgan fingerprint density at radius 3 is 2.67 bits per heavy atom. The fourth-order valence-electron chi connectivity index (χ4n) is 2.67. The van der Waals surface area contributed by atoms with E-state index in [4.69, 9.17) is 4.74 Å². The van der Waals surface area contributed by atoms with Crippen molar-refractivity contribution >= 4 is 17.5 Å². The molecule has 6 heteroatoms. The van der Waals surface area contributed by atoms with Crippen LogP contribution in [0.2, 0.25) is 0 Å². The van der Waals surface area contributed by atoms with Crippen LogP contribution < -0.4 is 5.32 Å². The van der Waals surface area contributed by atoms with E-state index in [1.807, 2.05) is 26.0 Å². The molecule has 0 unspecified atom stereocenters. The number of benzene rings is 1. The number of carbonyl (C=O) groups is 1. The molecule has 24 heavy (non-hydrogen) atoms. The number of anilines is 2. The van der Waals surface area contributed by atoms with Crippen molar-refractivity contribution in [3.8, 4) is 0 Å². The van der Waals surface area contributed by atoms with E-state index in [1.54, 1.807) is 11.0 Å². The van der Waals surface area contributed by atoms with Crippen molar-refractivity contribution in [1.29, 1.82) is 0 Å². The molecule has 1 saturated heterocycles. The van der Waals surface area contributed by atoms with Gasteiger partial charge in [-0.1, -0.05) is 12.1 Å². The van der Waals surface area contributed by atoms with E-state index >= 15 is 0 Å². The normalized spacial score (nSPS) is 14.5. The number of hydrogen-bond donors (Lipinski definition) is 1. The number of nitrogens with zero attached hydrogens (tertiary/aromatic N) is 3. The largest absolute Gasteiger partial charge is 0.378 e. The topological polar surface area (TPSA) is 67.4 Å². The first-order valence-corrected chi connectivity index (χ1v) is 8.10. The maximum absolute atomic E-state index is 12.6. The Morgan fingerprint density at radius 2 is 1.92 bits per heavy atom. The van der Waals surface area contributed by atoms with Gasteiger partial charge in [0, 0.05) is 24.5 Å². The maximum atomic E-state index is 12.6. The summed E-state index contributed by atoms with van der Waals surface area (Å²) in [6.45, 7) is 8.32. The van der Waals surface area contributed by atoms with Crippen molar-refractivity contribution in [1.82, 2.24) is 14.9 Å². The van der Waals surface area contributed by atoms with Crippen molar-refractivity contribution in [3.63, 3.8) is 0 Å². The van der Waals surface area contributed by atoms with Gasteiger partial charge in [0.15, 0.2) is 0 Å². The molecule has 0 bridgehead atoms. The number of aryl methyl sites for hydroxylation is 2. The van der Waals surface area contributed by atoms with Crippen molar-refractivity contribution in [3.05, 3.63) is 46.8 Å². The van der Waals surface area contributed by atoms with Gasteiger partial charge in [-0.3, -0.25) is 4.79 Å². The van der Waals surface area contributed by atoms with Crippen LogP contribution >= 0.6 is 0 Å². The van der Waals surface area contributed by atoms with Crippen LogP contribution in [0.25, 0.3) is 0 Å². The summed E-state index contributed by atoms with van der Waals surface area (Å²) >= 11 is 0. The third-order valence-corrected chi connectivity index (χ3v) is 4.22. The quantitative estimate of drug-likeness (QED) is 0.939. The predicted molar refractivity (Wildman–Crippen MR) is 92.7 cm³/mol. The summed E-state index contributed by atoms with van der Waals surface area (Å²) in [4.78, 5) is 23.2. The van der Waals surface area contributed by atoms with Crippen LogP contribution in [0, 0.1) is 20.8 Å². The average Bonchev–Trinajstić information content (AvgIpc) is 2.58. The molecule has 1 aliphatic rings. The molecule has 1 amide bonds. The van der Waals surface area contributed by atoms with Gasteiger partial charge in [0.1, 0.15) is 5.69 Å². The van der Waals surface area contributed by atoms with Crippen LogP contribution in [0.3, 0.4) is 0 Å². The van der Waals surface area contributed by atoms with Gasteiger partial charge in [0.2, 0.25) is 5.95 Å². The molecule has 0 saturated carbocycles. The third kappa shape index (κ3) is 3.54. The molecule has 1 aliphatic heterocycles. The van der Waals surface area contributed by atoms with Crippen LogP contribution in [0.5, 0.6) is 0 Å². The fraction of sp³-hybridized carbons (Fsp3) is 0.389. The Bertz CT molecular complexity index is 755. The molecule has 1 aromatic heterocycles. The molecule has 0 aliphatic carbocycles. The van der Waals surface area contributed by atoms with E-state index in [2.05, 4.69) is 28.3 Å². The second-order valence-electron chi connectivity index (χ2n) is 6.00. The lowest BCUT2D eigenvalue weighted by Gasteiger charge is -2.26. The SMILES string of the molecule is Cc1cc(C(=O)N2CCOCC2)nc(Nc2cccc(C)c2C)n1. The number of morpholine rings is 1. The fourth-order valence-corrected chi connectivity index (χ4v) is 2.67. The first kappa shape index (κ1) is 16.4. The Labute approximate surface area is 141 Å². The molecule has 3 rings (SSSR count). The number of rotatable bonds is 3. The van der Waals surface area contributed by atoms with Crippen LogP contribution in [-0.4, -0.2) is 47.1 Å². The third-order valence-electron chi connectivity index (χ3n) is 4.22. The van der Waals surface area contributed by atoms with E-state index in [0.717, 1.165) is 16.9 Å². The monoisotopic (exact) mass is 326 g/mol. The average molecular weight is 326 g/mol. The van der Waals surface area contributed by atoms with Crippen LogP contribution in [0.4, 0.5) is 11.6 Å². The Balaban J connectivity index is 1.86. The van der Waals surface area contributed by atoms with Crippen molar-refractivity contribution in [2.75, 3.05) is 31.6 Å². The first-order valence-electron chi connectivity index (χ1n) is 8.10. The standard InChI is InChI=1S/C18H22N4O2/c1-12-5-4-6-15(14(12)3)20-18-19-13(2)11-16(21-18)17(23)22-7-9-24-10-8-22/h4-6,11H,7-10H2,1-3H3,(H,19,20,21). The van der Waals surface area contributed by atoms with Crippen LogP contribution in [-0.2, 0) is 4.74 Å². The number of ether oxygens (including phenoxy) is 1. The Hall–Kier alpha value is -2.47. The van der Waals surface area contributed by atoms with Gasteiger partial charge in [0.05, 0.1) is 13.2 Å². The zero-order valence-electron chi connectivity index (χ0n) is 14.3. The molecule has 2 aromatic rings. The second kappa shape index (κ2) is 6.97. The van der Waals surface area contributed by atoms with Crippen molar-refractivity contribution < 1.29 is 9.53 Å². The minimum Gasteiger partial charge on any atom is -0.378 e. The molecular formula is C18H22N4O2. The summed E-state index contributed by atoms with van der Waals surface area (Å²) in [6.07, 6.45) is 0. The van der Waals surface area contributed by atoms with E-state index in [1.165, 1.54) is 5.56 Å². The van der Waals surface area contributed by atoms with E-state index in [-0.39, 0.29) is 5.91 Å². The van der Waals surface area contributed by atoms with E-state index in [0.29, 0.717) is 37.9 Å². The highest BCUT2D eigenvalue weighted by Crippen LogP contribution is 2.21. The molecule has 1 fully saturated rings. The van der Waals surface area contributed by atoms with E-state index in [9.17, 15) is 4.79 Å². The highest BCUT2D eigenvalue weighted by Gasteiger charge is 2.20. The minimum atomic E-state index is -0.0761.